The maximum absolute atomic E-state index is 13.9. The summed E-state index contributed by atoms with van der Waals surface area (Å²) in [6.45, 7) is 0. The zero-order valence-electron chi connectivity index (χ0n) is 22.1. The first-order chi connectivity index (χ1) is 19.3. The smallest absolute Gasteiger partial charge is 0.272 e. The van der Waals surface area contributed by atoms with E-state index in [1.165, 1.54) is 4.90 Å². The summed E-state index contributed by atoms with van der Waals surface area (Å²) in [6, 6.07) is 19.8. The summed E-state index contributed by atoms with van der Waals surface area (Å²) in [7, 11) is 1.64. The number of carbonyl (C=O) groups excluding carboxylic acids is 3. The highest BCUT2D eigenvalue weighted by Gasteiger charge is 2.43. The fraction of sp³-hybridized carbons (Fsp3) is 0.290. The highest BCUT2D eigenvalue weighted by molar-refractivity contribution is 6.20. The van der Waals surface area contributed by atoms with Gasteiger partial charge in [0.25, 0.3) is 5.91 Å². The number of aliphatic imine (C=N–C) groups is 1. The first-order valence-corrected chi connectivity index (χ1v) is 13.3. The number of para-hydroxylation sites is 1. The van der Waals surface area contributed by atoms with Gasteiger partial charge in [-0.3, -0.25) is 14.4 Å². The Labute approximate surface area is 231 Å². The Balaban J connectivity index is 1.44. The summed E-state index contributed by atoms with van der Waals surface area (Å²) in [5.74, 6) is -3.03. The van der Waals surface area contributed by atoms with Crippen molar-refractivity contribution >= 4 is 29.1 Å². The third kappa shape index (κ3) is 5.64. The molecule has 9 heteroatoms. The number of benzodiazepines with no additional fused rings is 1. The van der Waals surface area contributed by atoms with E-state index in [0.29, 0.717) is 37.1 Å². The average Bonchev–Trinajstić information content (AvgIpc) is 3.04. The normalized spacial score (nSPS) is 18.3. The molecule has 1 aliphatic carbocycles. The molecule has 0 spiro atoms. The van der Waals surface area contributed by atoms with Gasteiger partial charge < -0.3 is 15.5 Å². The van der Waals surface area contributed by atoms with Crippen molar-refractivity contribution in [1.29, 1.82) is 0 Å². The molecule has 2 aliphatic rings. The number of rotatable bonds is 6. The second-order valence-corrected chi connectivity index (χ2v) is 10.3. The number of amides is 3. The number of fused-ring (bicyclic) bond motifs is 1. The lowest BCUT2D eigenvalue weighted by Gasteiger charge is -2.37. The van der Waals surface area contributed by atoms with Crippen LogP contribution in [0, 0.1) is 11.6 Å². The van der Waals surface area contributed by atoms with Crippen LogP contribution in [0.1, 0.15) is 48.8 Å². The van der Waals surface area contributed by atoms with E-state index in [1.807, 2.05) is 54.6 Å². The third-order valence-corrected chi connectivity index (χ3v) is 7.47. The Hall–Kier alpha value is -4.40. The van der Waals surface area contributed by atoms with Crippen LogP contribution >= 0.6 is 0 Å². The summed E-state index contributed by atoms with van der Waals surface area (Å²) >= 11 is 0. The summed E-state index contributed by atoms with van der Waals surface area (Å²) in [5.41, 5.74) is 1.66. The van der Waals surface area contributed by atoms with Crippen molar-refractivity contribution in [3.8, 4) is 0 Å². The van der Waals surface area contributed by atoms with Gasteiger partial charge >= 0.3 is 0 Å². The first kappa shape index (κ1) is 27.2. The molecule has 3 amide bonds. The summed E-state index contributed by atoms with van der Waals surface area (Å²) in [4.78, 5) is 46.7. The van der Waals surface area contributed by atoms with Gasteiger partial charge in [-0.05, 0) is 36.6 Å². The number of nitrogens with one attached hydrogen (secondary N) is 2. The number of nitrogens with zero attached hydrogens (tertiary/aromatic N) is 2. The molecule has 1 atom stereocenters. The predicted molar refractivity (Wildman–Crippen MR) is 148 cm³/mol. The zero-order chi connectivity index (χ0) is 28.3. The number of anilines is 1. The molecular formula is C31H30F2N4O3. The van der Waals surface area contributed by atoms with Gasteiger partial charge in [0.05, 0.1) is 17.8 Å². The van der Waals surface area contributed by atoms with E-state index < -0.39 is 41.1 Å². The minimum absolute atomic E-state index is 0.164. The van der Waals surface area contributed by atoms with E-state index in [9.17, 15) is 23.2 Å². The second-order valence-electron chi connectivity index (χ2n) is 10.3. The number of halogens is 2. The lowest BCUT2D eigenvalue weighted by molar-refractivity contribution is -0.136. The van der Waals surface area contributed by atoms with E-state index in [-0.39, 0.29) is 12.0 Å². The van der Waals surface area contributed by atoms with E-state index in [2.05, 4.69) is 10.6 Å². The van der Waals surface area contributed by atoms with E-state index >= 15 is 0 Å². The quantitative estimate of drug-likeness (QED) is 0.485. The Morgan fingerprint density at radius 3 is 2.30 bits per heavy atom. The van der Waals surface area contributed by atoms with Crippen molar-refractivity contribution in [3.05, 3.63) is 101 Å². The van der Waals surface area contributed by atoms with Crippen LogP contribution in [-0.2, 0) is 20.8 Å². The second kappa shape index (κ2) is 11.4. The summed E-state index contributed by atoms with van der Waals surface area (Å²) in [5, 5.41) is 5.66. The van der Waals surface area contributed by atoms with Crippen LogP contribution in [0.25, 0.3) is 0 Å². The number of benzene rings is 3. The molecule has 3 aromatic rings. The minimum atomic E-state index is -1.28. The molecule has 1 saturated carbocycles. The molecule has 2 N–H and O–H groups in total. The van der Waals surface area contributed by atoms with Gasteiger partial charge in [0.15, 0.2) is 0 Å². The maximum Gasteiger partial charge on any atom is 0.272 e. The molecule has 1 heterocycles. The molecule has 1 aliphatic heterocycles. The monoisotopic (exact) mass is 544 g/mol. The number of carbonyl (C=O) groups is 3. The average molecular weight is 545 g/mol. The Bertz CT molecular complexity index is 1450. The lowest BCUT2D eigenvalue weighted by atomic mass is 9.80. The number of hydrogen-bond donors (Lipinski definition) is 2. The van der Waals surface area contributed by atoms with Gasteiger partial charge in [0.2, 0.25) is 18.0 Å². The van der Waals surface area contributed by atoms with Crippen LogP contribution in [0.4, 0.5) is 14.5 Å². The summed E-state index contributed by atoms with van der Waals surface area (Å²) < 4.78 is 27.3. The summed E-state index contributed by atoms with van der Waals surface area (Å²) in [6.07, 6.45) is 1.52. The van der Waals surface area contributed by atoms with Crippen LogP contribution < -0.4 is 15.5 Å². The van der Waals surface area contributed by atoms with Gasteiger partial charge in [0.1, 0.15) is 17.2 Å². The Morgan fingerprint density at radius 2 is 1.60 bits per heavy atom. The molecule has 0 bridgehead atoms. The van der Waals surface area contributed by atoms with Crippen molar-refractivity contribution < 1.29 is 23.2 Å². The van der Waals surface area contributed by atoms with Crippen molar-refractivity contribution in [3.63, 3.8) is 0 Å². The van der Waals surface area contributed by atoms with E-state index in [0.717, 1.165) is 35.7 Å². The van der Waals surface area contributed by atoms with Gasteiger partial charge in [-0.1, -0.05) is 67.8 Å². The van der Waals surface area contributed by atoms with Crippen molar-refractivity contribution in [2.75, 3.05) is 11.9 Å². The molecule has 0 radical (unpaired) electrons. The predicted octanol–water partition coefficient (Wildman–Crippen LogP) is 4.28. The molecule has 7 nitrogen and oxygen atoms in total. The van der Waals surface area contributed by atoms with Gasteiger partial charge in [-0.15, -0.1) is 0 Å². The van der Waals surface area contributed by atoms with Crippen molar-refractivity contribution in [2.45, 2.75) is 50.2 Å². The standard InChI is InChI=1S/C31H30F2N4O3/c1-37-25-13-7-6-12-24(25)27(21-10-4-2-5-11-21)34-28(29(37)39)35-30(40)31(14-8-3-9-15-31)36-26(38)18-20-16-22(32)19-23(33)17-20/h2,4-7,10-13,16-17,19,28H,3,8-9,14-15,18H2,1H3,(H,35,40)(H,36,38)/t28-/m1/s1. The highest BCUT2D eigenvalue weighted by Crippen LogP contribution is 2.31. The van der Waals surface area contributed by atoms with Crippen LogP contribution in [-0.4, -0.2) is 42.2 Å². The van der Waals surface area contributed by atoms with Crippen LogP contribution in [0.2, 0.25) is 0 Å². The molecular weight excluding hydrogens is 514 g/mol. The fourth-order valence-corrected chi connectivity index (χ4v) is 5.48. The SMILES string of the molecule is CN1C(=O)[C@@H](NC(=O)C2(NC(=O)Cc3cc(F)cc(F)c3)CCCCC2)N=C(c2ccccc2)c2ccccc21. The minimum Gasteiger partial charge on any atom is -0.341 e. The number of hydrogen-bond acceptors (Lipinski definition) is 4. The molecule has 40 heavy (non-hydrogen) atoms. The molecule has 3 aromatic carbocycles. The fourth-order valence-electron chi connectivity index (χ4n) is 5.48. The zero-order valence-corrected chi connectivity index (χ0v) is 22.1. The van der Waals surface area contributed by atoms with E-state index in [1.54, 1.807) is 7.05 Å². The van der Waals surface area contributed by atoms with Crippen LogP contribution in [0.5, 0.6) is 0 Å². The lowest BCUT2D eigenvalue weighted by Crippen LogP contribution is -2.62. The molecule has 0 unspecified atom stereocenters. The molecule has 1 fully saturated rings. The Kier molecular flexibility index (Phi) is 7.73. The highest BCUT2D eigenvalue weighted by atomic mass is 19.1. The van der Waals surface area contributed by atoms with Crippen molar-refractivity contribution in [2.24, 2.45) is 4.99 Å². The molecule has 206 valence electrons. The molecule has 0 saturated heterocycles. The van der Waals surface area contributed by atoms with Gasteiger partial charge in [-0.2, -0.15) is 0 Å². The van der Waals surface area contributed by atoms with Crippen LogP contribution in [0.3, 0.4) is 0 Å². The Morgan fingerprint density at radius 1 is 0.950 bits per heavy atom. The van der Waals surface area contributed by atoms with Crippen molar-refractivity contribution in [1.82, 2.24) is 10.6 Å². The molecule has 5 rings (SSSR count). The topological polar surface area (TPSA) is 90.9 Å². The van der Waals surface area contributed by atoms with Crippen LogP contribution in [0.15, 0.2) is 77.8 Å². The number of likely N-dealkylation sites (N-methyl/N-ethyl adjacent to an activating group) is 1. The largest absolute Gasteiger partial charge is 0.341 e. The first-order valence-electron chi connectivity index (χ1n) is 13.3. The van der Waals surface area contributed by atoms with Gasteiger partial charge in [-0.25, -0.2) is 13.8 Å². The maximum atomic E-state index is 13.9. The molecule has 0 aromatic heterocycles. The van der Waals surface area contributed by atoms with E-state index in [4.69, 9.17) is 4.99 Å². The van der Waals surface area contributed by atoms with Gasteiger partial charge in [0, 0.05) is 24.2 Å². The third-order valence-electron chi connectivity index (χ3n) is 7.47.